The van der Waals surface area contributed by atoms with E-state index in [2.05, 4.69) is 42.9 Å². The average Bonchev–Trinajstić information content (AvgIpc) is 2.58. The third-order valence-corrected chi connectivity index (χ3v) is 4.55. The van der Waals surface area contributed by atoms with Gasteiger partial charge in [0.25, 0.3) is 0 Å². The lowest BCUT2D eigenvalue weighted by atomic mass is 9.99. The highest BCUT2D eigenvalue weighted by Crippen LogP contribution is 2.28. The van der Waals surface area contributed by atoms with Crippen molar-refractivity contribution in [1.29, 1.82) is 0 Å². The van der Waals surface area contributed by atoms with Crippen LogP contribution in [0.3, 0.4) is 0 Å². The summed E-state index contributed by atoms with van der Waals surface area (Å²) in [5.74, 6) is 0.773. The van der Waals surface area contributed by atoms with E-state index >= 15 is 0 Å². The van der Waals surface area contributed by atoms with Crippen LogP contribution in [0, 0.1) is 0 Å². The van der Waals surface area contributed by atoms with Gasteiger partial charge in [0, 0.05) is 36.3 Å². The van der Waals surface area contributed by atoms with Gasteiger partial charge in [0.15, 0.2) is 0 Å². The van der Waals surface area contributed by atoms with Crippen LogP contribution >= 0.6 is 0 Å². The summed E-state index contributed by atoms with van der Waals surface area (Å²) < 4.78 is 5.40. The van der Waals surface area contributed by atoms with Crippen molar-refractivity contribution >= 4 is 16.6 Å². The molecule has 2 N–H and O–H groups in total. The SMILES string of the molecule is CCCN(C[C@](C)(O)CNc1cc(OC)cc2cccnc12)C(C)(C)C. The predicted octanol–water partition coefficient (Wildman–Crippen LogP) is 3.92. The molecule has 0 fully saturated rings. The minimum absolute atomic E-state index is 0.0181. The second-order valence-corrected chi connectivity index (χ2v) is 8.19. The number of β-amino-alcohol motifs (C(OH)–C–C–N with tert-alkyl or cyclic N) is 1. The third kappa shape index (κ3) is 5.32. The first-order valence-electron chi connectivity index (χ1n) is 9.30. The zero-order valence-electron chi connectivity index (χ0n) is 17.0. The molecule has 0 unspecified atom stereocenters. The number of fused-ring (bicyclic) bond motifs is 1. The molecule has 0 aliphatic heterocycles. The number of hydrogen-bond donors (Lipinski definition) is 2. The van der Waals surface area contributed by atoms with Crippen molar-refractivity contribution in [2.24, 2.45) is 0 Å². The number of nitrogens with zero attached hydrogens (tertiary/aromatic N) is 2. The fourth-order valence-corrected chi connectivity index (χ4v) is 3.09. The topological polar surface area (TPSA) is 57.6 Å². The Balaban J connectivity index is 2.17. The molecule has 0 aliphatic carbocycles. The Morgan fingerprint density at radius 3 is 2.58 bits per heavy atom. The predicted molar refractivity (Wildman–Crippen MR) is 109 cm³/mol. The molecule has 5 heteroatoms. The Bertz CT molecular complexity index is 723. The molecule has 0 saturated carbocycles. The molecule has 0 spiro atoms. The molecule has 2 rings (SSSR count). The zero-order valence-corrected chi connectivity index (χ0v) is 17.0. The lowest BCUT2D eigenvalue weighted by Gasteiger charge is -2.40. The van der Waals surface area contributed by atoms with E-state index in [1.165, 1.54) is 0 Å². The van der Waals surface area contributed by atoms with E-state index < -0.39 is 5.60 Å². The first kappa shape index (κ1) is 20.5. The lowest BCUT2D eigenvalue weighted by Crippen LogP contribution is -2.52. The van der Waals surface area contributed by atoms with Gasteiger partial charge in [-0.3, -0.25) is 9.88 Å². The van der Waals surface area contributed by atoms with E-state index in [1.54, 1.807) is 13.3 Å². The van der Waals surface area contributed by atoms with Gasteiger partial charge in [0.05, 0.1) is 23.9 Å². The second-order valence-electron chi connectivity index (χ2n) is 8.19. The summed E-state index contributed by atoms with van der Waals surface area (Å²) in [5, 5.41) is 15.4. The molecule has 0 bridgehead atoms. The van der Waals surface area contributed by atoms with Crippen LogP contribution in [0.5, 0.6) is 5.75 Å². The Labute approximate surface area is 157 Å². The minimum atomic E-state index is -0.868. The molecule has 1 atom stereocenters. The summed E-state index contributed by atoms with van der Waals surface area (Å²) in [4.78, 5) is 6.81. The van der Waals surface area contributed by atoms with Gasteiger partial charge in [-0.1, -0.05) is 13.0 Å². The molecule has 0 aliphatic rings. The van der Waals surface area contributed by atoms with Crippen molar-refractivity contribution in [3.8, 4) is 5.75 Å². The van der Waals surface area contributed by atoms with Gasteiger partial charge in [-0.2, -0.15) is 0 Å². The summed E-state index contributed by atoms with van der Waals surface area (Å²) in [7, 11) is 1.66. The average molecular weight is 360 g/mol. The number of ether oxygens (including phenoxy) is 1. The van der Waals surface area contributed by atoms with Crippen LogP contribution in [0.4, 0.5) is 5.69 Å². The molecule has 1 heterocycles. The van der Waals surface area contributed by atoms with Gasteiger partial charge in [-0.05, 0) is 52.8 Å². The maximum Gasteiger partial charge on any atom is 0.121 e. The number of benzene rings is 1. The first-order chi connectivity index (χ1) is 12.2. The molecule has 1 aromatic heterocycles. The number of anilines is 1. The van der Waals surface area contributed by atoms with Crippen molar-refractivity contribution in [2.45, 2.75) is 52.2 Å². The summed E-state index contributed by atoms with van der Waals surface area (Å²) in [6.45, 7) is 12.6. The number of hydrogen-bond acceptors (Lipinski definition) is 5. The van der Waals surface area contributed by atoms with Crippen LogP contribution in [0.1, 0.15) is 41.0 Å². The number of methoxy groups -OCH3 is 1. The van der Waals surface area contributed by atoms with E-state index in [0.717, 1.165) is 35.3 Å². The standard InChI is InChI=1S/C21H33N3O2/c1-7-11-24(20(2,3)4)15-21(5,25)14-23-18-13-17(26-6)12-16-9-8-10-22-19(16)18/h8-10,12-13,23,25H,7,11,14-15H2,1-6H3/t21-/m1/s1. The Morgan fingerprint density at radius 1 is 1.23 bits per heavy atom. The smallest absolute Gasteiger partial charge is 0.121 e. The number of aliphatic hydroxyl groups is 1. The molecule has 1 aromatic carbocycles. The van der Waals surface area contributed by atoms with Crippen LogP contribution in [-0.4, -0.2) is 52.9 Å². The van der Waals surface area contributed by atoms with Crippen molar-refractivity contribution in [3.63, 3.8) is 0 Å². The van der Waals surface area contributed by atoms with Gasteiger partial charge < -0.3 is 15.2 Å². The van der Waals surface area contributed by atoms with E-state index in [4.69, 9.17) is 4.74 Å². The highest BCUT2D eigenvalue weighted by Gasteiger charge is 2.29. The summed E-state index contributed by atoms with van der Waals surface area (Å²) in [5.41, 5.74) is 0.903. The van der Waals surface area contributed by atoms with Crippen molar-refractivity contribution < 1.29 is 9.84 Å². The van der Waals surface area contributed by atoms with Crippen molar-refractivity contribution in [3.05, 3.63) is 30.5 Å². The second kappa shape index (κ2) is 8.23. The number of pyridine rings is 1. The fourth-order valence-electron chi connectivity index (χ4n) is 3.09. The van der Waals surface area contributed by atoms with E-state index in [9.17, 15) is 5.11 Å². The van der Waals surface area contributed by atoms with Crippen molar-refractivity contribution in [1.82, 2.24) is 9.88 Å². The highest BCUT2D eigenvalue weighted by molar-refractivity contribution is 5.91. The molecular formula is C21H33N3O2. The van der Waals surface area contributed by atoms with Gasteiger partial charge in [-0.25, -0.2) is 0 Å². The van der Waals surface area contributed by atoms with Gasteiger partial charge in [0.1, 0.15) is 5.75 Å². The van der Waals surface area contributed by atoms with Crippen LogP contribution in [0.25, 0.3) is 10.9 Å². The normalized spacial score (nSPS) is 14.5. The number of rotatable bonds is 8. The molecule has 144 valence electrons. The van der Waals surface area contributed by atoms with Gasteiger partial charge in [0.2, 0.25) is 0 Å². The quantitative estimate of drug-likeness (QED) is 0.748. The molecule has 26 heavy (non-hydrogen) atoms. The Kier molecular flexibility index (Phi) is 6.48. The van der Waals surface area contributed by atoms with Crippen molar-refractivity contribution in [2.75, 3.05) is 32.1 Å². The van der Waals surface area contributed by atoms with Gasteiger partial charge >= 0.3 is 0 Å². The molecule has 0 saturated heterocycles. The summed E-state index contributed by atoms with van der Waals surface area (Å²) in [6, 6.07) is 7.82. The molecule has 5 nitrogen and oxygen atoms in total. The van der Waals surface area contributed by atoms with E-state index in [-0.39, 0.29) is 5.54 Å². The highest BCUT2D eigenvalue weighted by atomic mass is 16.5. The molecule has 2 aromatic rings. The van der Waals surface area contributed by atoms with E-state index in [1.807, 2.05) is 31.2 Å². The van der Waals surface area contributed by atoms with E-state index in [0.29, 0.717) is 13.1 Å². The zero-order chi connectivity index (χ0) is 19.4. The lowest BCUT2D eigenvalue weighted by molar-refractivity contribution is -0.000496. The monoisotopic (exact) mass is 359 g/mol. The fraction of sp³-hybridized carbons (Fsp3) is 0.571. The molecular weight excluding hydrogens is 326 g/mol. The largest absolute Gasteiger partial charge is 0.497 e. The van der Waals surface area contributed by atoms with Gasteiger partial charge in [-0.15, -0.1) is 0 Å². The maximum atomic E-state index is 11.0. The summed E-state index contributed by atoms with van der Waals surface area (Å²) in [6.07, 6.45) is 2.84. The number of aromatic nitrogens is 1. The Morgan fingerprint density at radius 2 is 1.96 bits per heavy atom. The Hall–Kier alpha value is -1.85. The molecule has 0 amide bonds. The molecule has 0 radical (unpaired) electrons. The summed E-state index contributed by atoms with van der Waals surface area (Å²) >= 11 is 0. The third-order valence-electron chi connectivity index (χ3n) is 4.55. The minimum Gasteiger partial charge on any atom is -0.497 e. The van der Waals surface area contributed by atoms with Crippen LogP contribution in [-0.2, 0) is 0 Å². The maximum absolute atomic E-state index is 11.0. The number of nitrogens with one attached hydrogen (secondary N) is 1. The van der Waals surface area contributed by atoms with Crippen LogP contribution in [0.15, 0.2) is 30.5 Å². The van der Waals surface area contributed by atoms with Crippen LogP contribution in [0.2, 0.25) is 0 Å². The van der Waals surface area contributed by atoms with Crippen LogP contribution < -0.4 is 10.1 Å². The first-order valence-corrected chi connectivity index (χ1v) is 9.30.